The van der Waals surface area contributed by atoms with Crippen molar-refractivity contribution >= 4 is 10.9 Å². The monoisotopic (exact) mass is 300 g/mol. The third-order valence-electron chi connectivity index (χ3n) is 3.92. The molecule has 1 aliphatic rings. The highest BCUT2D eigenvalue weighted by Crippen LogP contribution is 2.28. The van der Waals surface area contributed by atoms with Gasteiger partial charge in [-0.3, -0.25) is 4.98 Å². The molecule has 0 saturated carbocycles. The molecule has 4 heteroatoms. The van der Waals surface area contributed by atoms with Crippen molar-refractivity contribution < 1.29 is 9.47 Å². The van der Waals surface area contributed by atoms with Crippen molar-refractivity contribution in [1.29, 1.82) is 0 Å². The minimum Gasteiger partial charge on any atom is -0.492 e. The molecule has 1 aliphatic heterocycles. The van der Waals surface area contributed by atoms with Crippen LogP contribution in [0.15, 0.2) is 30.5 Å². The van der Waals surface area contributed by atoms with Gasteiger partial charge in [-0.25, -0.2) is 0 Å². The molecule has 1 aromatic carbocycles. The van der Waals surface area contributed by atoms with Crippen molar-refractivity contribution in [2.75, 3.05) is 19.7 Å². The van der Waals surface area contributed by atoms with E-state index in [0.717, 1.165) is 42.1 Å². The molecule has 4 nitrogen and oxygen atoms in total. The van der Waals surface area contributed by atoms with Crippen molar-refractivity contribution in [2.45, 2.75) is 32.8 Å². The fourth-order valence-electron chi connectivity index (χ4n) is 2.85. The topological polar surface area (TPSA) is 43.4 Å². The van der Waals surface area contributed by atoms with Crippen LogP contribution in [-0.4, -0.2) is 30.8 Å². The number of hydrogen-bond donors (Lipinski definition) is 1. The highest BCUT2D eigenvalue weighted by Gasteiger charge is 2.14. The standard InChI is InChI=1S/C18H24N2O2/c1-13(2)22-15-5-6-17-16(10-15)18(7-9-20-17)21-12-14-4-3-8-19-11-14/h5-7,9-10,13-14,19H,3-4,8,11-12H2,1-2H3. The third-order valence-corrected chi connectivity index (χ3v) is 3.92. The number of aromatic nitrogens is 1. The fourth-order valence-corrected chi connectivity index (χ4v) is 2.85. The van der Waals surface area contributed by atoms with Gasteiger partial charge in [0.15, 0.2) is 0 Å². The Kier molecular flexibility index (Phi) is 4.78. The van der Waals surface area contributed by atoms with Crippen LogP contribution in [0.3, 0.4) is 0 Å². The van der Waals surface area contributed by atoms with Gasteiger partial charge in [0.1, 0.15) is 11.5 Å². The molecule has 1 fully saturated rings. The van der Waals surface area contributed by atoms with Crippen LogP contribution in [0, 0.1) is 5.92 Å². The molecule has 0 radical (unpaired) electrons. The Hall–Kier alpha value is -1.81. The molecule has 2 aromatic rings. The Morgan fingerprint density at radius 3 is 3.00 bits per heavy atom. The Balaban J connectivity index is 1.78. The zero-order chi connectivity index (χ0) is 15.4. The van der Waals surface area contributed by atoms with Crippen LogP contribution in [0.2, 0.25) is 0 Å². The number of benzene rings is 1. The number of nitrogens with one attached hydrogen (secondary N) is 1. The predicted molar refractivity (Wildman–Crippen MR) is 88.6 cm³/mol. The van der Waals surface area contributed by atoms with Crippen LogP contribution in [-0.2, 0) is 0 Å². The van der Waals surface area contributed by atoms with Crippen LogP contribution in [0.4, 0.5) is 0 Å². The summed E-state index contributed by atoms with van der Waals surface area (Å²) >= 11 is 0. The van der Waals surface area contributed by atoms with Gasteiger partial charge >= 0.3 is 0 Å². The molecule has 0 spiro atoms. The summed E-state index contributed by atoms with van der Waals surface area (Å²) in [4.78, 5) is 4.41. The molecule has 22 heavy (non-hydrogen) atoms. The van der Waals surface area contributed by atoms with Gasteiger partial charge in [-0.1, -0.05) is 0 Å². The van der Waals surface area contributed by atoms with E-state index in [4.69, 9.17) is 9.47 Å². The van der Waals surface area contributed by atoms with E-state index in [1.54, 1.807) is 6.20 Å². The molecule has 3 rings (SSSR count). The molecule has 118 valence electrons. The Labute approximate surface area is 131 Å². The van der Waals surface area contributed by atoms with Crippen molar-refractivity contribution in [3.8, 4) is 11.5 Å². The fraction of sp³-hybridized carbons (Fsp3) is 0.500. The number of ether oxygens (including phenoxy) is 2. The van der Waals surface area contributed by atoms with E-state index in [-0.39, 0.29) is 6.10 Å². The van der Waals surface area contributed by atoms with E-state index in [1.807, 2.05) is 38.1 Å². The lowest BCUT2D eigenvalue weighted by Gasteiger charge is -2.23. The third kappa shape index (κ3) is 3.69. The average Bonchev–Trinajstić information content (AvgIpc) is 2.53. The van der Waals surface area contributed by atoms with Crippen molar-refractivity contribution in [2.24, 2.45) is 5.92 Å². The molecule has 1 aromatic heterocycles. The van der Waals surface area contributed by atoms with Crippen molar-refractivity contribution in [1.82, 2.24) is 10.3 Å². The normalized spacial score (nSPS) is 18.6. The Bertz CT molecular complexity index is 622. The van der Waals surface area contributed by atoms with E-state index in [9.17, 15) is 0 Å². The smallest absolute Gasteiger partial charge is 0.130 e. The highest BCUT2D eigenvalue weighted by atomic mass is 16.5. The summed E-state index contributed by atoms with van der Waals surface area (Å²) < 4.78 is 11.9. The van der Waals surface area contributed by atoms with Crippen LogP contribution >= 0.6 is 0 Å². The summed E-state index contributed by atoms with van der Waals surface area (Å²) in [5, 5.41) is 4.44. The lowest BCUT2D eigenvalue weighted by atomic mass is 10.0. The molecule has 0 bridgehead atoms. The van der Waals surface area contributed by atoms with Gasteiger partial charge in [0.2, 0.25) is 0 Å². The number of rotatable bonds is 5. The zero-order valence-corrected chi connectivity index (χ0v) is 13.3. The zero-order valence-electron chi connectivity index (χ0n) is 13.3. The summed E-state index contributed by atoms with van der Waals surface area (Å²) in [5.41, 5.74) is 0.940. The minimum absolute atomic E-state index is 0.159. The lowest BCUT2D eigenvalue weighted by Crippen LogP contribution is -2.33. The first-order chi connectivity index (χ1) is 10.7. The van der Waals surface area contributed by atoms with Gasteiger partial charge in [0.05, 0.1) is 18.2 Å². The molecule has 2 heterocycles. The largest absolute Gasteiger partial charge is 0.492 e. The van der Waals surface area contributed by atoms with E-state index < -0.39 is 0 Å². The lowest BCUT2D eigenvalue weighted by molar-refractivity contribution is 0.220. The number of fused-ring (bicyclic) bond motifs is 1. The maximum atomic E-state index is 6.08. The summed E-state index contributed by atoms with van der Waals surface area (Å²) in [6, 6.07) is 7.92. The van der Waals surface area contributed by atoms with E-state index in [1.165, 1.54) is 12.8 Å². The molecule has 1 saturated heterocycles. The molecular formula is C18H24N2O2. The van der Waals surface area contributed by atoms with E-state index in [0.29, 0.717) is 5.92 Å². The Morgan fingerprint density at radius 2 is 2.23 bits per heavy atom. The number of piperidine rings is 1. The van der Waals surface area contributed by atoms with Crippen LogP contribution < -0.4 is 14.8 Å². The summed E-state index contributed by atoms with van der Waals surface area (Å²) in [5.74, 6) is 2.34. The number of pyridine rings is 1. The van der Waals surface area contributed by atoms with Gasteiger partial charge in [-0.15, -0.1) is 0 Å². The second-order valence-electron chi connectivity index (χ2n) is 6.18. The van der Waals surface area contributed by atoms with Crippen molar-refractivity contribution in [3.05, 3.63) is 30.5 Å². The number of hydrogen-bond acceptors (Lipinski definition) is 4. The molecule has 0 amide bonds. The Morgan fingerprint density at radius 1 is 1.32 bits per heavy atom. The average molecular weight is 300 g/mol. The molecule has 1 atom stereocenters. The SMILES string of the molecule is CC(C)Oc1ccc2nccc(OCC3CCCNC3)c2c1. The maximum Gasteiger partial charge on any atom is 0.130 e. The second kappa shape index (κ2) is 6.97. The molecule has 1 N–H and O–H groups in total. The van der Waals surface area contributed by atoms with Crippen molar-refractivity contribution in [3.63, 3.8) is 0 Å². The predicted octanol–water partition coefficient (Wildman–Crippen LogP) is 3.40. The first-order valence-corrected chi connectivity index (χ1v) is 8.11. The summed E-state index contributed by atoms with van der Waals surface area (Å²) in [7, 11) is 0. The second-order valence-corrected chi connectivity index (χ2v) is 6.18. The molecule has 0 aliphatic carbocycles. The molecular weight excluding hydrogens is 276 g/mol. The van der Waals surface area contributed by atoms with E-state index >= 15 is 0 Å². The maximum absolute atomic E-state index is 6.08. The number of nitrogens with zero attached hydrogens (tertiary/aromatic N) is 1. The quantitative estimate of drug-likeness (QED) is 0.919. The van der Waals surface area contributed by atoms with E-state index in [2.05, 4.69) is 10.3 Å². The van der Waals surface area contributed by atoms with Crippen LogP contribution in [0.25, 0.3) is 10.9 Å². The highest BCUT2D eigenvalue weighted by molar-refractivity contribution is 5.86. The van der Waals surface area contributed by atoms with Gasteiger partial charge in [-0.2, -0.15) is 0 Å². The van der Waals surface area contributed by atoms with Gasteiger partial charge in [-0.05, 0) is 57.5 Å². The molecule has 1 unspecified atom stereocenters. The van der Waals surface area contributed by atoms with Gasteiger partial charge in [0.25, 0.3) is 0 Å². The van der Waals surface area contributed by atoms with Crippen LogP contribution in [0.1, 0.15) is 26.7 Å². The van der Waals surface area contributed by atoms with Gasteiger partial charge < -0.3 is 14.8 Å². The van der Waals surface area contributed by atoms with Crippen LogP contribution in [0.5, 0.6) is 11.5 Å². The van der Waals surface area contributed by atoms with Gasteiger partial charge in [0, 0.05) is 24.0 Å². The summed E-state index contributed by atoms with van der Waals surface area (Å²) in [6.07, 6.45) is 4.43. The first-order valence-electron chi connectivity index (χ1n) is 8.11. The first kappa shape index (κ1) is 15.1. The summed E-state index contributed by atoms with van der Waals surface area (Å²) in [6.45, 7) is 6.98. The minimum atomic E-state index is 0.159.